The van der Waals surface area contributed by atoms with E-state index >= 15 is 0 Å². The molecular formula is C40H58F2N8O4. The van der Waals surface area contributed by atoms with Crippen LogP contribution in [0.4, 0.5) is 20.3 Å². The Labute approximate surface area is 318 Å². The highest BCUT2D eigenvalue weighted by Crippen LogP contribution is 2.32. The van der Waals surface area contributed by atoms with Crippen LogP contribution in [0, 0.1) is 13.8 Å². The van der Waals surface area contributed by atoms with Crippen LogP contribution < -0.4 is 16.0 Å². The topological polar surface area (TPSA) is 150 Å². The molecule has 1 unspecified atom stereocenters. The molecule has 3 aliphatic rings. The first-order valence-electron chi connectivity index (χ1n) is 19.2. The van der Waals surface area contributed by atoms with Crippen molar-refractivity contribution in [2.45, 2.75) is 90.4 Å². The second-order valence-corrected chi connectivity index (χ2v) is 14.3. The number of carbonyl (C=O) groups excluding carboxylic acids is 2. The number of aliphatic carboxylic acids is 1. The maximum absolute atomic E-state index is 13.0. The van der Waals surface area contributed by atoms with Crippen LogP contribution in [-0.4, -0.2) is 113 Å². The summed E-state index contributed by atoms with van der Waals surface area (Å²) in [5.74, 6) is -2.81. The number of pyridine rings is 1. The molecule has 0 bridgehead atoms. The maximum atomic E-state index is 13.0. The number of carbonyl (C=O) groups is 3. The Morgan fingerprint density at radius 3 is 2.35 bits per heavy atom. The van der Waals surface area contributed by atoms with E-state index in [2.05, 4.69) is 51.0 Å². The summed E-state index contributed by atoms with van der Waals surface area (Å²) in [6.45, 7) is 11.2. The molecule has 0 spiro atoms. The highest BCUT2D eigenvalue weighted by molar-refractivity contribution is 5.77. The number of hydrogen-bond acceptors (Lipinski definition) is 9. The third-order valence-corrected chi connectivity index (χ3v) is 9.97. The van der Waals surface area contributed by atoms with Crippen LogP contribution in [-0.2, 0) is 27.2 Å². The molecule has 1 aromatic carbocycles. The van der Waals surface area contributed by atoms with Crippen LogP contribution in [0.5, 0.6) is 0 Å². The number of rotatable bonds is 13. The number of piperazine rings is 1. The van der Waals surface area contributed by atoms with E-state index in [9.17, 15) is 28.3 Å². The van der Waals surface area contributed by atoms with Crippen molar-refractivity contribution in [3.05, 3.63) is 64.6 Å². The summed E-state index contributed by atoms with van der Waals surface area (Å²) in [6, 6.07) is 12.0. The SMILES string of the molecule is CCCc1ccc2c(n1)NCC(F)(F)C2.CN.Cc1cc(C)n(-c2cc(C(CC(=O)O)CN3CCCC3)cc(N3CCN(C(=O)CCCC=O)CC3)c2)n1. The highest BCUT2D eigenvalue weighted by atomic mass is 19.3. The van der Waals surface area contributed by atoms with E-state index in [1.54, 1.807) is 6.07 Å². The van der Waals surface area contributed by atoms with Gasteiger partial charge in [0.15, 0.2) is 0 Å². The fourth-order valence-electron chi connectivity index (χ4n) is 7.31. The quantitative estimate of drug-likeness (QED) is 0.154. The highest BCUT2D eigenvalue weighted by Gasteiger charge is 2.34. The first kappa shape index (κ1) is 42.3. The van der Waals surface area contributed by atoms with Crippen molar-refractivity contribution in [1.82, 2.24) is 24.6 Å². The van der Waals surface area contributed by atoms with Gasteiger partial charge in [-0.15, -0.1) is 0 Å². The van der Waals surface area contributed by atoms with Gasteiger partial charge in [-0.2, -0.15) is 5.10 Å². The molecular weight excluding hydrogens is 694 g/mol. The molecule has 12 nitrogen and oxygen atoms in total. The van der Waals surface area contributed by atoms with Crippen LogP contribution >= 0.6 is 0 Å². The molecule has 0 saturated carbocycles. The van der Waals surface area contributed by atoms with Crippen molar-refractivity contribution in [3.8, 4) is 5.69 Å². The van der Waals surface area contributed by atoms with Gasteiger partial charge in [0.05, 0.1) is 24.3 Å². The van der Waals surface area contributed by atoms with Crippen molar-refractivity contribution in [2.75, 3.05) is 69.6 Å². The summed E-state index contributed by atoms with van der Waals surface area (Å²) in [6.07, 6.45) is 6.40. The third-order valence-electron chi connectivity index (χ3n) is 9.97. The Morgan fingerprint density at radius 2 is 1.72 bits per heavy atom. The number of alkyl halides is 2. The molecule has 54 heavy (non-hydrogen) atoms. The smallest absolute Gasteiger partial charge is 0.304 e. The monoisotopic (exact) mass is 752 g/mol. The standard InChI is InChI=1S/C28H39N5O4.C11H14F2N2.CH5N/c1-21-15-22(2)33(29-21)26-17-23(24(18-28(36)37)20-30-8-4-5-9-30)16-25(19-26)31-10-12-32(13-11-31)27(35)7-3-6-14-34;1-2-3-9-5-4-8-6-11(12,13)7-14-10(8)15-9;1-2/h14-17,19,24H,3-13,18,20H2,1-2H3,(H,36,37);4-5H,2-3,6-7H2,1H3,(H,14,15);2H2,1H3. The van der Waals surface area contributed by atoms with Gasteiger partial charge in [0.2, 0.25) is 5.91 Å². The van der Waals surface area contributed by atoms with E-state index in [-0.39, 0.29) is 31.2 Å². The largest absolute Gasteiger partial charge is 0.481 e. The van der Waals surface area contributed by atoms with Crippen molar-refractivity contribution in [2.24, 2.45) is 5.73 Å². The normalized spacial score (nSPS) is 16.9. The van der Waals surface area contributed by atoms with Crippen LogP contribution in [0.25, 0.3) is 5.69 Å². The number of aldehydes is 1. The molecule has 3 aliphatic heterocycles. The minimum atomic E-state index is -2.64. The summed E-state index contributed by atoms with van der Waals surface area (Å²) < 4.78 is 28.0. The fourth-order valence-corrected chi connectivity index (χ4v) is 7.31. The maximum Gasteiger partial charge on any atom is 0.304 e. The van der Waals surface area contributed by atoms with Gasteiger partial charge in [-0.05, 0) is 95.6 Å². The number of amides is 1. The second kappa shape index (κ2) is 20.3. The Balaban J connectivity index is 0.000000317. The molecule has 5 heterocycles. The predicted octanol–water partition coefficient (Wildman–Crippen LogP) is 5.37. The number of likely N-dealkylation sites (tertiary alicyclic amines) is 1. The number of carboxylic acid groups (broad SMARTS) is 1. The molecule has 14 heteroatoms. The lowest BCUT2D eigenvalue weighted by Crippen LogP contribution is -2.48. The number of nitrogens with zero attached hydrogens (tertiary/aromatic N) is 6. The van der Waals surface area contributed by atoms with Crippen molar-refractivity contribution < 1.29 is 28.3 Å². The number of benzene rings is 1. The number of nitrogens with two attached hydrogens (primary N) is 1. The van der Waals surface area contributed by atoms with E-state index in [1.807, 2.05) is 35.6 Å². The molecule has 6 rings (SSSR count). The van der Waals surface area contributed by atoms with Crippen LogP contribution in [0.1, 0.15) is 86.0 Å². The summed E-state index contributed by atoms with van der Waals surface area (Å²) in [5.41, 5.74) is 11.0. The molecule has 2 fully saturated rings. The van der Waals surface area contributed by atoms with Crippen LogP contribution in [0.3, 0.4) is 0 Å². The van der Waals surface area contributed by atoms with Gasteiger partial charge in [0, 0.05) is 80.5 Å². The van der Waals surface area contributed by atoms with Crippen molar-refractivity contribution in [3.63, 3.8) is 0 Å². The van der Waals surface area contributed by atoms with Gasteiger partial charge in [0.1, 0.15) is 12.1 Å². The van der Waals surface area contributed by atoms with Gasteiger partial charge < -0.3 is 35.7 Å². The van der Waals surface area contributed by atoms with Crippen molar-refractivity contribution in [1.29, 1.82) is 0 Å². The first-order valence-corrected chi connectivity index (χ1v) is 19.2. The Bertz CT molecular complexity index is 1690. The number of anilines is 2. The van der Waals surface area contributed by atoms with E-state index < -0.39 is 11.9 Å². The number of unbranched alkanes of at least 4 members (excludes halogenated alkanes) is 1. The van der Waals surface area contributed by atoms with Crippen LogP contribution in [0.15, 0.2) is 36.4 Å². The average Bonchev–Trinajstić information content (AvgIpc) is 3.80. The van der Waals surface area contributed by atoms with E-state index in [1.165, 1.54) is 7.05 Å². The number of carboxylic acids is 1. The zero-order valence-electron chi connectivity index (χ0n) is 32.3. The number of halogens is 2. The average molecular weight is 753 g/mol. The Hall–Kier alpha value is -4.43. The van der Waals surface area contributed by atoms with E-state index in [4.69, 9.17) is 5.10 Å². The molecule has 2 saturated heterocycles. The molecule has 0 radical (unpaired) electrons. The number of aromatic nitrogens is 3. The molecule has 296 valence electrons. The summed E-state index contributed by atoms with van der Waals surface area (Å²) >= 11 is 0. The van der Waals surface area contributed by atoms with Crippen LogP contribution in [0.2, 0.25) is 0 Å². The number of aryl methyl sites for hydroxylation is 3. The number of nitrogens with one attached hydrogen (secondary N) is 1. The van der Waals surface area contributed by atoms with Gasteiger partial charge in [-0.1, -0.05) is 19.4 Å². The molecule has 1 amide bonds. The second-order valence-electron chi connectivity index (χ2n) is 14.3. The number of fused-ring (bicyclic) bond motifs is 1. The zero-order valence-corrected chi connectivity index (χ0v) is 32.3. The Kier molecular flexibility index (Phi) is 15.9. The molecule has 4 N–H and O–H groups in total. The summed E-state index contributed by atoms with van der Waals surface area (Å²) in [4.78, 5) is 45.8. The van der Waals surface area contributed by atoms with Gasteiger partial charge >= 0.3 is 5.97 Å². The van der Waals surface area contributed by atoms with Gasteiger partial charge in [-0.3, -0.25) is 9.59 Å². The lowest BCUT2D eigenvalue weighted by molar-refractivity contribution is -0.137. The van der Waals surface area contributed by atoms with Crippen molar-refractivity contribution >= 4 is 29.7 Å². The van der Waals surface area contributed by atoms with E-state index in [0.717, 1.165) is 85.6 Å². The van der Waals surface area contributed by atoms with E-state index in [0.29, 0.717) is 56.8 Å². The van der Waals surface area contributed by atoms with Gasteiger partial charge in [0.25, 0.3) is 5.92 Å². The molecule has 2 aromatic heterocycles. The lowest BCUT2D eigenvalue weighted by atomic mass is 9.93. The third kappa shape index (κ3) is 12.0. The predicted molar refractivity (Wildman–Crippen MR) is 208 cm³/mol. The molecule has 0 aliphatic carbocycles. The minimum absolute atomic E-state index is 0.0829. The number of hydrogen-bond donors (Lipinski definition) is 3. The first-order chi connectivity index (χ1) is 25.9. The zero-order chi connectivity index (χ0) is 39.3. The Morgan fingerprint density at radius 1 is 1.02 bits per heavy atom. The summed E-state index contributed by atoms with van der Waals surface area (Å²) in [5, 5.41) is 17.1. The minimum Gasteiger partial charge on any atom is -0.481 e. The molecule has 1 atom stereocenters. The van der Waals surface area contributed by atoms with Gasteiger partial charge in [-0.25, -0.2) is 18.4 Å². The fraction of sp³-hybridized carbons (Fsp3) is 0.575. The molecule has 3 aromatic rings. The lowest BCUT2D eigenvalue weighted by Gasteiger charge is -2.37. The summed E-state index contributed by atoms with van der Waals surface area (Å²) in [7, 11) is 1.50.